The van der Waals surface area contributed by atoms with Crippen LogP contribution < -0.4 is 10.6 Å². The highest BCUT2D eigenvalue weighted by Crippen LogP contribution is 2.24. The number of hydrogen-bond acceptors (Lipinski definition) is 3. The number of carbonyl (C=O) groups excluding carboxylic acids is 1. The Bertz CT molecular complexity index is 837. The monoisotopic (exact) mass is 411 g/mol. The molecule has 0 fully saturated rings. The number of hydrogen-bond donors (Lipinski definition) is 2. The minimum atomic E-state index is -0.407. The van der Waals surface area contributed by atoms with E-state index in [4.69, 9.17) is 0 Å². The molecule has 2 aromatic rings. The van der Waals surface area contributed by atoms with E-state index in [0.29, 0.717) is 6.54 Å². The third-order valence-electron chi connectivity index (χ3n) is 3.89. The molecule has 5 heteroatoms. The second kappa shape index (κ2) is 9.79. The summed E-state index contributed by atoms with van der Waals surface area (Å²) in [5, 5.41) is 15.2. The number of amides is 1. The van der Waals surface area contributed by atoms with E-state index in [2.05, 4.69) is 40.4 Å². The molecular formula is C21H22BrN3O. The van der Waals surface area contributed by atoms with E-state index in [1.807, 2.05) is 54.6 Å². The lowest BCUT2D eigenvalue weighted by molar-refractivity contribution is -0.112. The number of rotatable bonds is 7. The molecule has 0 radical (unpaired) electrons. The van der Waals surface area contributed by atoms with Gasteiger partial charge in [0.05, 0.1) is 0 Å². The molecule has 2 aromatic carbocycles. The first-order chi connectivity index (χ1) is 12.5. The summed E-state index contributed by atoms with van der Waals surface area (Å²) < 4.78 is 1.03. The minimum Gasteiger partial charge on any atom is -0.389 e. The molecule has 4 nitrogen and oxygen atoms in total. The van der Waals surface area contributed by atoms with Gasteiger partial charge in [0.25, 0.3) is 5.91 Å². The average Bonchev–Trinajstić information content (AvgIpc) is 2.62. The molecule has 0 spiro atoms. The lowest BCUT2D eigenvalue weighted by atomic mass is 10.0. The van der Waals surface area contributed by atoms with Gasteiger partial charge < -0.3 is 10.6 Å². The highest BCUT2D eigenvalue weighted by Gasteiger charge is 2.12. The molecule has 134 valence electrons. The molecule has 0 aromatic heterocycles. The maximum absolute atomic E-state index is 12.4. The van der Waals surface area contributed by atoms with Crippen LogP contribution in [0.25, 0.3) is 0 Å². The second-order valence-corrected chi connectivity index (χ2v) is 7.12. The van der Waals surface area contributed by atoms with Gasteiger partial charge in [-0.05, 0) is 41.7 Å². The summed E-state index contributed by atoms with van der Waals surface area (Å²) in [6.45, 7) is 4.77. The van der Waals surface area contributed by atoms with Gasteiger partial charge in [-0.1, -0.05) is 60.1 Å². The minimum absolute atomic E-state index is 0.0535. The Labute approximate surface area is 163 Å². The van der Waals surface area contributed by atoms with Gasteiger partial charge in [-0.25, -0.2) is 0 Å². The van der Waals surface area contributed by atoms with Crippen molar-refractivity contribution in [3.8, 4) is 6.07 Å². The fourth-order valence-corrected chi connectivity index (χ4v) is 2.98. The lowest BCUT2D eigenvalue weighted by Crippen LogP contribution is -2.18. The van der Waals surface area contributed by atoms with Crippen LogP contribution in [0.15, 0.2) is 64.8 Å². The SMILES string of the molecule is CC(C)c1ccccc1NC(=O)/C(C#N)=C\NCCc1cccc(Br)c1. The zero-order valence-electron chi connectivity index (χ0n) is 14.9. The van der Waals surface area contributed by atoms with E-state index in [0.717, 1.165) is 22.1 Å². The summed E-state index contributed by atoms with van der Waals surface area (Å²) in [6.07, 6.45) is 2.28. The Morgan fingerprint density at radius 3 is 2.69 bits per heavy atom. The van der Waals surface area contributed by atoms with Crippen LogP contribution in [-0.4, -0.2) is 12.5 Å². The molecule has 0 aliphatic rings. The first-order valence-electron chi connectivity index (χ1n) is 8.49. The third-order valence-corrected chi connectivity index (χ3v) is 4.38. The fraction of sp³-hybridized carbons (Fsp3) is 0.238. The van der Waals surface area contributed by atoms with Crippen molar-refractivity contribution >= 4 is 27.5 Å². The molecule has 0 bridgehead atoms. The van der Waals surface area contributed by atoms with Crippen LogP contribution in [0.4, 0.5) is 5.69 Å². The summed E-state index contributed by atoms with van der Waals surface area (Å²) in [5.74, 6) is -0.125. The van der Waals surface area contributed by atoms with Crippen molar-refractivity contribution in [3.05, 3.63) is 75.9 Å². The van der Waals surface area contributed by atoms with E-state index in [1.54, 1.807) is 0 Å². The number of nitriles is 1. The lowest BCUT2D eigenvalue weighted by Gasteiger charge is -2.13. The number of nitrogens with zero attached hydrogens (tertiary/aromatic N) is 1. The average molecular weight is 412 g/mol. The van der Waals surface area contributed by atoms with Crippen molar-refractivity contribution in [1.29, 1.82) is 5.26 Å². The smallest absolute Gasteiger partial charge is 0.267 e. The maximum atomic E-state index is 12.4. The molecule has 0 unspecified atom stereocenters. The molecule has 0 aliphatic carbocycles. The molecule has 26 heavy (non-hydrogen) atoms. The van der Waals surface area contributed by atoms with Gasteiger partial charge in [-0.2, -0.15) is 5.26 Å². The summed E-state index contributed by atoms with van der Waals surface area (Å²) in [7, 11) is 0. The highest BCUT2D eigenvalue weighted by atomic mass is 79.9. The molecule has 2 rings (SSSR count). The number of para-hydroxylation sites is 1. The van der Waals surface area contributed by atoms with Crippen molar-refractivity contribution in [2.75, 3.05) is 11.9 Å². The Morgan fingerprint density at radius 2 is 2.00 bits per heavy atom. The number of nitrogens with one attached hydrogen (secondary N) is 2. The van der Waals surface area contributed by atoms with Crippen molar-refractivity contribution in [2.24, 2.45) is 0 Å². The Kier molecular flexibility index (Phi) is 7.43. The molecule has 0 heterocycles. The zero-order chi connectivity index (χ0) is 18.9. The van der Waals surface area contributed by atoms with Gasteiger partial charge in [0.15, 0.2) is 0 Å². The second-order valence-electron chi connectivity index (χ2n) is 6.20. The van der Waals surface area contributed by atoms with Crippen LogP contribution in [0.2, 0.25) is 0 Å². The van der Waals surface area contributed by atoms with Crippen LogP contribution >= 0.6 is 15.9 Å². The van der Waals surface area contributed by atoms with Crippen molar-refractivity contribution < 1.29 is 4.79 Å². The van der Waals surface area contributed by atoms with Crippen LogP contribution in [-0.2, 0) is 11.2 Å². The first kappa shape index (κ1) is 19.7. The number of halogens is 1. The molecule has 0 atom stereocenters. The number of benzene rings is 2. The molecule has 0 saturated carbocycles. The fourth-order valence-electron chi connectivity index (χ4n) is 2.54. The van der Waals surface area contributed by atoms with Crippen molar-refractivity contribution in [1.82, 2.24) is 5.32 Å². The van der Waals surface area contributed by atoms with Crippen LogP contribution in [0.1, 0.15) is 30.9 Å². The van der Waals surface area contributed by atoms with Gasteiger partial charge in [0.2, 0.25) is 0 Å². The molecule has 2 N–H and O–H groups in total. The Morgan fingerprint density at radius 1 is 1.23 bits per heavy atom. The van der Waals surface area contributed by atoms with E-state index in [9.17, 15) is 10.1 Å². The number of carbonyl (C=O) groups is 1. The predicted molar refractivity (Wildman–Crippen MR) is 109 cm³/mol. The van der Waals surface area contributed by atoms with Crippen LogP contribution in [0.5, 0.6) is 0 Å². The van der Waals surface area contributed by atoms with E-state index in [1.165, 1.54) is 11.8 Å². The van der Waals surface area contributed by atoms with Gasteiger partial charge in [0, 0.05) is 22.9 Å². The molecule has 0 saturated heterocycles. The first-order valence-corrected chi connectivity index (χ1v) is 9.29. The Balaban J connectivity index is 1.96. The molecular weight excluding hydrogens is 390 g/mol. The van der Waals surface area contributed by atoms with Gasteiger partial charge in [-0.3, -0.25) is 4.79 Å². The predicted octanol–water partition coefficient (Wildman–Crippen LogP) is 4.75. The van der Waals surface area contributed by atoms with Gasteiger partial charge in [0.1, 0.15) is 11.6 Å². The Hall–Kier alpha value is -2.58. The molecule has 0 aliphatic heterocycles. The standard InChI is InChI=1S/C21H22BrN3O/c1-15(2)19-8-3-4-9-20(19)25-21(26)17(13-23)14-24-11-10-16-6-5-7-18(22)12-16/h3-9,12,14-15,24H,10-11H2,1-2H3,(H,25,26)/b17-14-. The van der Waals surface area contributed by atoms with E-state index >= 15 is 0 Å². The number of anilines is 1. The largest absolute Gasteiger partial charge is 0.389 e. The van der Waals surface area contributed by atoms with Crippen LogP contribution in [0.3, 0.4) is 0 Å². The normalized spacial score (nSPS) is 11.1. The summed E-state index contributed by atoms with van der Waals surface area (Å²) in [6, 6.07) is 17.6. The topological polar surface area (TPSA) is 64.9 Å². The van der Waals surface area contributed by atoms with Gasteiger partial charge in [-0.15, -0.1) is 0 Å². The van der Waals surface area contributed by atoms with Crippen LogP contribution in [0, 0.1) is 11.3 Å². The third kappa shape index (κ3) is 5.75. The van der Waals surface area contributed by atoms with Gasteiger partial charge >= 0.3 is 0 Å². The maximum Gasteiger partial charge on any atom is 0.267 e. The quantitative estimate of drug-likeness (QED) is 0.392. The summed E-state index contributed by atoms with van der Waals surface area (Å²) in [5.41, 5.74) is 3.01. The van der Waals surface area contributed by atoms with Crippen molar-refractivity contribution in [3.63, 3.8) is 0 Å². The van der Waals surface area contributed by atoms with E-state index < -0.39 is 5.91 Å². The van der Waals surface area contributed by atoms with E-state index in [-0.39, 0.29) is 11.5 Å². The summed E-state index contributed by atoms with van der Waals surface area (Å²) >= 11 is 3.44. The summed E-state index contributed by atoms with van der Waals surface area (Å²) in [4.78, 5) is 12.4. The zero-order valence-corrected chi connectivity index (χ0v) is 16.5. The van der Waals surface area contributed by atoms with Crippen molar-refractivity contribution in [2.45, 2.75) is 26.2 Å². The highest BCUT2D eigenvalue weighted by molar-refractivity contribution is 9.10. The molecule has 1 amide bonds.